The molecule has 2 N–H and O–H groups in total. The molecule has 2 aromatic heterocycles. The number of hydrogen-bond acceptors (Lipinski definition) is 2. The minimum absolute atomic E-state index is 0.314. The number of anilines is 1. The number of amides is 2. The van der Waals surface area contributed by atoms with Crippen molar-refractivity contribution in [1.82, 2.24) is 14.7 Å². The minimum Gasteiger partial charge on any atom is -0.337 e. The molecule has 5 nitrogen and oxygen atoms in total. The molecule has 25 heavy (non-hydrogen) atoms. The van der Waals surface area contributed by atoms with Crippen LogP contribution in [0.5, 0.6) is 0 Å². The molecule has 0 fully saturated rings. The molecule has 0 saturated carbocycles. The number of rotatable bonds is 4. The van der Waals surface area contributed by atoms with Crippen LogP contribution in [0, 0.1) is 0 Å². The summed E-state index contributed by atoms with van der Waals surface area (Å²) in [4.78, 5) is 16.0. The predicted molar refractivity (Wildman–Crippen MR) is 87.4 cm³/mol. The highest BCUT2D eigenvalue weighted by atomic mass is 19.4. The summed E-state index contributed by atoms with van der Waals surface area (Å²) in [7, 11) is 0. The summed E-state index contributed by atoms with van der Waals surface area (Å²) in [6.07, 6.45) is -1.45. The van der Waals surface area contributed by atoms with Crippen molar-refractivity contribution in [3.05, 3.63) is 66.1 Å². The van der Waals surface area contributed by atoms with E-state index in [1.54, 1.807) is 12.1 Å². The van der Waals surface area contributed by atoms with Gasteiger partial charge in [0, 0.05) is 31.0 Å². The highest BCUT2D eigenvalue weighted by molar-refractivity contribution is 5.89. The van der Waals surface area contributed by atoms with Gasteiger partial charge in [0.15, 0.2) is 0 Å². The molecule has 0 radical (unpaired) electrons. The second-order valence-corrected chi connectivity index (χ2v) is 5.41. The second kappa shape index (κ2) is 6.84. The van der Waals surface area contributed by atoms with Crippen LogP contribution in [0.4, 0.5) is 23.7 Å². The van der Waals surface area contributed by atoms with E-state index >= 15 is 0 Å². The summed E-state index contributed by atoms with van der Waals surface area (Å²) in [5.74, 6) is 0. The van der Waals surface area contributed by atoms with Gasteiger partial charge < -0.3 is 15.0 Å². The Bertz CT molecular complexity index is 874. The molecule has 3 rings (SSSR count). The number of halogens is 3. The van der Waals surface area contributed by atoms with E-state index in [0.717, 1.165) is 12.3 Å². The number of nitrogens with one attached hydrogen (secondary N) is 2. The molecule has 0 aliphatic rings. The number of imidazole rings is 1. The minimum atomic E-state index is -4.39. The van der Waals surface area contributed by atoms with Crippen LogP contribution in [0.2, 0.25) is 0 Å². The third-order valence-electron chi connectivity index (χ3n) is 3.53. The lowest BCUT2D eigenvalue weighted by Crippen LogP contribution is -2.30. The summed E-state index contributed by atoms with van der Waals surface area (Å²) in [5, 5.41) is 5.36. The zero-order valence-corrected chi connectivity index (χ0v) is 13.0. The molecule has 0 aliphatic heterocycles. The lowest BCUT2D eigenvalue weighted by Gasteiger charge is -2.06. The van der Waals surface area contributed by atoms with Gasteiger partial charge in [-0.3, -0.25) is 0 Å². The Hall–Kier alpha value is -3.03. The first-order valence-electron chi connectivity index (χ1n) is 7.56. The number of hydrogen-bond donors (Lipinski definition) is 2. The van der Waals surface area contributed by atoms with E-state index in [-0.39, 0.29) is 6.03 Å². The molecule has 0 spiro atoms. The fourth-order valence-electron chi connectivity index (χ4n) is 2.33. The SMILES string of the molecule is O=C(NCCc1cn2cc(C(F)(F)F)ccc2n1)Nc1ccccc1. The molecule has 0 atom stereocenters. The summed E-state index contributed by atoms with van der Waals surface area (Å²) < 4.78 is 39.5. The number of alkyl halides is 3. The molecule has 0 saturated heterocycles. The zero-order chi connectivity index (χ0) is 17.9. The Morgan fingerprint density at radius 1 is 1.08 bits per heavy atom. The van der Waals surface area contributed by atoms with Gasteiger partial charge in [0.05, 0.1) is 11.3 Å². The van der Waals surface area contributed by atoms with Crippen molar-refractivity contribution < 1.29 is 18.0 Å². The predicted octanol–water partition coefficient (Wildman–Crippen LogP) is 3.72. The lowest BCUT2D eigenvalue weighted by molar-refractivity contribution is -0.137. The first kappa shape index (κ1) is 16.8. The number of para-hydroxylation sites is 1. The highest BCUT2D eigenvalue weighted by Gasteiger charge is 2.30. The van der Waals surface area contributed by atoms with E-state index in [1.165, 1.54) is 16.7 Å². The third kappa shape index (κ3) is 4.28. The van der Waals surface area contributed by atoms with Crippen molar-refractivity contribution in [3.8, 4) is 0 Å². The van der Waals surface area contributed by atoms with Crippen LogP contribution in [-0.4, -0.2) is 22.0 Å². The summed E-state index contributed by atoms with van der Waals surface area (Å²) in [6.45, 7) is 0.314. The Morgan fingerprint density at radius 3 is 2.56 bits per heavy atom. The fourth-order valence-corrected chi connectivity index (χ4v) is 2.33. The van der Waals surface area contributed by atoms with Gasteiger partial charge in [-0.15, -0.1) is 0 Å². The smallest absolute Gasteiger partial charge is 0.337 e. The van der Waals surface area contributed by atoms with Crippen molar-refractivity contribution in [3.63, 3.8) is 0 Å². The number of carbonyl (C=O) groups excluding carboxylic acids is 1. The van der Waals surface area contributed by atoms with E-state index < -0.39 is 11.7 Å². The van der Waals surface area contributed by atoms with Crippen LogP contribution < -0.4 is 10.6 Å². The lowest BCUT2D eigenvalue weighted by atomic mass is 10.3. The van der Waals surface area contributed by atoms with E-state index in [9.17, 15) is 18.0 Å². The monoisotopic (exact) mass is 348 g/mol. The number of benzene rings is 1. The Morgan fingerprint density at radius 2 is 1.84 bits per heavy atom. The average Bonchev–Trinajstić information content (AvgIpc) is 2.96. The van der Waals surface area contributed by atoms with Gasteiger partial charge in [-0.05, 0) is 24.3 Å². The van der Waals surface area contributed by atoms with Crippen LogP contribution in [0.1, 0.15) is 11.3 Å². The van der Waals surface area contributed by atoms with E-state index in [1.807, 2.05) is 18.2 Å². The van der Waals surface area contributed by atoms with Gasteiger partial charge in [-0.2, -0.15) is 13.2 Å². The maximum Gasteiger partial charge on any atom is 0.417 e. The first-order chi connectivity index (χ1) is 11.9. The molecular formula is C17H15F3N4O. The van der Waals surface area contributed by atoms with Crippen molar-refractivity contribution in [1.29, 1.82) is 0 Å². The summed E-state index contributed by atoms with van der Waals surface area (Å²) in [6, 6.07) is 11.0. The molecule has 0 bridgehead atoms. The average molecular weight is 348 g/mol. The van der Waals surface area contributed by atoms with Crippen LogP contribution >= 0.6 is 0 Å². The van der Waals surface area contributed by atoms with Gasteiger partial charge in [0.1, 0.15) is 5.65 Å². The molecule has 0 aliphatic carbocycles. The Labute approximate surface area is 141 Å². The standard InChI is InChI=1S/C17H15F3N4O/c18-17(19,20)12-6-7-15-22-14(11-24(15)10-12)8-9-21-16(25)23-13-4-2-1-3-5-13/h1-7,10-11H,8-9H2,(H2,21,23,25). The van der Waals surface area contributed by atoms with Gasteiger partial charge in [-0.1, -0.05) is 18.2 Å². The highest BCUT2D eigenvalue weighted by Crippen LogP contribution is 2.29. The van der Waals surface area contributed by atoms with Crippen LogP contribution in [0.15, 0.2) is 54.9 Å². The van der Waals surface area contributed by atoms with Crippen molar-refractivity contribution in [2.24, 2.45) is 0 Å². The molecule has 130 valence electrons. The van der Waals surface area contributed by atoms with Crippen molar-refractivity contribution in [2.45, 2.75) is 12.6 Å². The quantitative estimate of drug-likeness (QED) is 0.755. The molecular weight excluding hydrogens is 333 g/mol. The number of aromatic nitrogens is 2. The Balaban J connectivity index is 1.57. The normalized spacial score (nSPS) is 11.5. The topological polar surface area (TPSA) is 58.4 Å². The van der Waals surface area contributed by atoms with E-state index in [0.29, 0.717) is 30.0 Å². The number of nitrogens with zero attached hydrogens (tertiary/aromatic N) is 2. The van der Waals surface area contributed by atoms with E-state index in [4.69, 9.17) is 0 Å². The van der Waals surface area contributed by atoms with E-state index in [2.05, 4.69) is 15.6 Å². The number of urea groups is 1. The third-order valence-corrected chi connectivity index (χ3v) is 3.53. The fraction of sp³-hybridized carbons (Fsp3) is 0.176. The Kier molecular flexibility index (Phi) is 4.60. The van der Waals surface area contributed by atoms with Crippen molar-refractivity contribution >= 4 is 17.4 Å². The molecule has 0 unspecified atom stereocenters. The van der Waals surface area contributed by atoms with Gasteiger partial charge in [0.25, 0.3) is 0 Å². The molecule has 1 aromatic carbocycles. The number of pyridine rings is 1. The maximum atomic E-state index is 12.7. The van der Waals surface area contributed by atoms with Gasteiger partial charge >= 0.3 is 12.2 Å². The summed E-state index contributed by atoms with van der Waals surface area (Å²) in [5.41, 5.74) is 0.966. The molecule has 3 aromatic rings. The molecule has 2 amide bonds. The van der Waals surface area contributed by atoms with Crippen LogP contribution in [-0.2, 0) is 12.6 Å². The van der Waals surface area contributed by atoms with Gasteiger partial charge in [-0.25, -0.2) is 9.78 Å². The van der Waals surface area contributed by atoms with Crippen LogP contribution in [0.3, 0.4) is 0 Å². The summed E-state index contributed by atoms with van der Waals surface area (Å²) >= 11 is 0. The maximum absolute atomic E-state index is 12.7. The molecule has 2 heterocycles. The van der Waals surface area contributed by atoms with Crippen molar-refractivity contribution in [2.75, 3.05) is 11.9 Å². The zero-order valence-electron chi connectivity index (χ0n) is 13.0. The van der Waals surface area contributed by atoms with Crippen LogP contribution in [0.25, 0.3) is 5.65 Å². The second-order valence-electron chi connectivity index (χ2n) is 5.41. The molecule has 8 heteroatoms. The number of fused-ring (bicyclic) bond motifs is 1. The van der Waals surface area contributed by atoms with Gasteiger partial charge in [0.2, 0.25) is 0 Å². The largest absolute Gasteiger partial charge is 0.417 e. The first-order valence-corrected chi connectivity index (χ1v) is 7.56. The number of carbonyl (C=O) groups is 1.